The zero-order chi connectivity index (χ0) is 14.9. The molecule has 0 saturated heterocycles. The summed E-state index contributed by atoms with van der Waals surface area (Å²) in [5.74, 6) is 0. The third-order valence-electron chi connectivity index (χ3n) is 2.07. The summed E-state index contributed by atoms with van der Waals surface area (Å²) in [6.07, 6.45) is 2.76. The maximum Gasteiger partial charge on any atom is 0.294 e. The van der Waals surface area contributed by atoms with Crippen LogP contribution < -0.4 is 0 Å². The van der Waals surface area contributed by atoms with Gasteiger partial charge in [0.1, 0.15) is 4.21 Å². The molecule has 0 bridgehead atoms. The number of nitrogens with zero attached hydrogens (tertiary/aromatic N) is 2. The Kier molecular flexibility index (Phi) is 4.87. The summed E-state index contributed by atoms with van der Waals surface area (Å²) in [4.78, 5) is 25.8. The molecular formula is C10H3Cl3N2O3S2. The second kappa shape index (κ2) is 6.28. The predicted molar refractivity (Wildman–Crippen MR) is 79.5 cm³/mol. The molecule has 2 heterocycles. The molecule has 2 aromatic rings. The van der Waals surface area contributed by atoms with Gasteiger partial charge in [-0.2, -0.15) is 0 Å². The Labute approximate surface area is 136 Å². The van der Waals surface area contributed by atoms with Crippen LogP contribution in [0.3, 0.4) is 0 Å². The van der Waals surface area contributed by atoms with Gasteiger partial charge in [-0.25, -0.2) is 0 Å². The Morgan fingerprint density at radius 1 is 1.35 bits per heavy atom. The van der Waals surface area contributed by atoms with E-state index in [0.29, 0.717) is 4.90 Å². The lowest BCUT2D eigenvalue weighted by atomic mass is 10.4. The van der Waals surface area contributed by atoms with Crippen LogP contribution in [0.4, 0.5) is 5.69 Å². The van der Waals surface area contributed by atoms with Crippen molar-refractivity contribution in [2.24, 2.45) is 0 Å². The summed E-state index contributed by atoms with van der Waals surface area (Å²) in [6.45, 7) is 0. The topological polar surface area (TPSA) is 73.1 Å². The maximum absolute atomic E-state index is 11.1. The molecule has 0 atom stereocenters. The van der Waals surface area contributed by atoms with E-state index >= 15 is 0 Å². The quantitative estimate of drug-likeness (QED) is 0.436. The molecule has 0 amide bonds. The summed E-state index contributed by atoms with van der Waals surface area (Å²) in [7, 11) is 0. The highest BCUT2D eigenvalue weighted by Gasteiger charge is 2.24. The summed E-state index contributed by atoms with van der Waals surface area (Å²) in [5, 5.41) is 10.8. The van der Waals surface area contributed by atoms with Gasteiger partial charge >= 0.3 is 0 Å². The van der Waals surface area contributed by atoms with Crippen LogP contribution in [0.25, 0.3) is 0 Å². The number of nitro groups is 1. The van der Waals surface area contributed by atoms with Crippen molar-refractivity contribution in [1.29, 1.82) is 0 Å². The number of halogens is 3. The van der Waals surface area contributed by atoms with Crippen LogP contribution in [-0.2, 0) is 0 Å². The number of carbonyl (C=O) groups is 1. The fourth-order valence-electron chi connectivity index (χ4n) is 1.25. The molecule has 0 unspecified atom stereocenters. The minimum atomic E-state index is -0.753. The zero-order valence-electron chi connectivity index (χ0n) is 9.30. The van der Waals surface area contributed by atoms with Gasteiger partial charge in [0.15, 0.2) is 0 Å². The van der Waals surface area contributed by atoms with Crippen molar-refractivity contribution in [2.75, 3.05) is 0 Å². The first-order chi connectivity index (χ1) is 9.40. The Balaban J connectivity index is 2.47. The lowest BCUT2D eigenvalue weighted by Crippen LogP contribution is -1.87. The van der Waals surface area contributed by atoms with Gasteiger partial charge in [-0.05, 0) is 11.6 Å². The number of hydrogen-bond donors (Lipinski definition) is 0. The Hall–Kier alpha value is -0.860. The van der Waals surface area contributed by atoms with Crippen LogP contribution in [0.1, 0.15) is 9.67 Å². The molecule has 0 aliphatic rings. The lowest BCUT2D eigenvalue weighted by Gasteiger charge is -2.03. The van der Waals surface area contributed by atoms with Gasteiger partial charge < -0.3 is 0 Å². The average molecular weight is 370 g/mol. The number of aromatic nitrogens is 1. The number of hydrogen-bond acceptors (Lipinski definition) is 6. The van der Waals surface area contributed by atoms with E-state index < -0.39 is 10.2 Å². The van der Waals surface area contributed by atoms with Crippen molar-refractivity contribution in [3.63, 3.8) is 0 Å². The lowest BCUT2D eigenvalue weighted by molar-refractivity contribution is -0.387. The van der Waals surface area contributed by atoms with E-state index in [4.69, 9.17) is 34.8 Å². The van der Waals surface area contributed by atoms with E-state index in [2.05, 4.69) is 4.98 Å². The van der Waals surface area contributed by atoms with E-state index in [1.807, 2.05) is 0 Å². The molecule has 104 valence electrons. The van der Waals surface area contributed by atoms with Gasteiger partial charge in [-0.3, -0.25) is 19.9 Å². The largest absolute Gasteiger partial charge is 0.294 e. The van der Waals surface area contributed by atoms with Crippen molar-refractivity contribution < 1.29 is 9.72 Å². The predicted octanol–water partition coefficient (Wildman–Crippen LogP) is 4.89. The van der Waals surface area contributed by atoms with Gasteiger partial charge in [0.2, 0.25) is 0 Å². The van der Waals surface area contributed by atoms with E-state index in [1.54, 1.807) is 0 Å². The van der Waals surface area contributed by atoms with Crippen LogP contribution in [-0.4, -0.2) is 15.1 Å². The maximum atomic E-state index is 11.1. The van der Waals surface area contributed by atoms with E-state index in [1.165, 1.54) is 12.4 Å². The molecule has 0 spiro atoms. The summed E-state index contributed by atoms with van der Waals surface area (Å²) < 4.78 is 0.272. The summed E-state index contributed by atoms with van der Waals surface area (Å²) >= 11 is 19.2. The van der Waals surface area contributed by atoms with Crippen molar-refractivity contribution in [3.8, 4) is 0 Å². The first-order valence-electron chi connectivity index (χ1n) is 4.85. The van der Waals surface area contributed by atoms with Gasteiger partial charge in [0.05, 0.1) is 24.7 Å². The highest BCUT2D eigenvalue weighted by Crippen LogP contribution is 2.45. The molecule has 0 fully saturated rings. The molecule has 2 rings (SSSR count). The van der Waals surface area contributed by atoms with E-state index in [0.717, 1.165) is 29.2 Å². The monoisotopic (exact) mass is 368 g/mol. The third kappa shape index (κ3) is 3.24. The number of rotatable bonds is 4. The average Bonchev–Trinajstić information content (AvgIpc) is 2.78. The standard InChI is InChI=1S/C10H3Cl3N2O3S2/c11-4-2-14-3-5(12)8(4)20-10-6(15(17)18)1-7(19-10)9(13)16/h1-3H. The molecule has 0 saturated carbocycles. The van der Waals surface area contributed by atoms with Crippen LogP contribution >= 0.6 is 57.9 Å². The van der Waals surface area contributed by atoms with Crippen molar-refractivity contribution >= 4 is 68.8 Å². The van der Waals surface area contributed by atoms with Crippen molar-refractivity contribution in [1.82, 2.24) is 4.98 Å². The molecule has 0 aliphatic heterocycles. The number of thiophene rings is 1. The van der Waals surface area contributed by atoms with Gasteiger partial charge in [-0.1, -0.05) is 35.0 Å². The highest BCUT2D eigenvalue weighted by atomic mass is 35.5. The first-order valence-corrected chi connectivity index (χ1v) is 7.61. The fourth-order valence-corrected chi connectivity index (χ4v) is 4.12. The Morgan fingerprint density at radius 3 is 2.45 bits per heavy atom. The molecule has 20 heavy (non-hydrogen) atoms. The highest BCUT2D eigenvalue weighted by molar-refractivity contribution is 8.01. The number of pyridine rings is 1. The van der Waals surface area contributed by atoms with E-state index in [-0.39, 0.29) is 24.8 Å². The smallest absolute Gasteiger partial charge is 0.275 e. The molecule has 0 aromatic carbocycles. The second-order valence-electron chi connectivity index (χ2n) is 3.35. The minimum Gasteiger partial charge on any atom is -0.275 e. The molecule has 0 aliphatic carbocycles. The molecule has 0 N–H and O–H groups in total. The van der Waals surface area contributed by atoms with Crippen LogP contribution in [0.2, 0.25) is 10.0 Å². The van der Waals surface area contributed by atoms with Crippen molar-refractivity contribution in [3.05, 3.63) is 43.5 Å². The molecule has 5 nitrogen and oxygen atoms in total. The second-order valence-corrected chi connectivity index (χ2v) is 6.84. The third-order valence-corrected chi connectivity index (χ3v) is 5.64. The summed E-state index contributed by atoms with van der Waals surface area (Å²) in [5.41, 5.74) is -0.215. The zero-order valence-corrected chi connectivity index (χ0v) is 13.2. The van der Waals surface area contributed by atoms with Crippen LogP contribution in [0, 0.1) is 10.1 Å². The minimum absolute atomic E-state index is 0.0853. The van der Waals surface area contributed by atoms with Gasteiger partial charge in [-0.15, -0.1) is 11.3 Å². The Morgan fingerprint density at radius 2 is 1.95 bits per heavy atom. The normalized spacial score (nSPS) is 10.6. The number of carbonyl (C=O) groups excluding carboxylic acids is 1. The molecular weight excluding hydrogens is 367 g/mol. The molecule has 0 radical (unpaired) electrons. The van der Waals surface area contributed by atoms with Gasteiger partial charge in [0.25, 0.3) is 10.9 Å². The first kappa shape index (κ1) is 15.5. The fraction of sp³-hybridized carbons (Fsp3) is 0. The van der Waals surface area contributed by atoms with E-state index in [9.17, 15) is 14.9 Å². The summed E-state index contributed by atoms with van der Waals surface area (Å²) in [6, 6.07) is 1.13. The van der Waals surface area contributed by atoms with Gasteiger partial charge in [0, 0.05) is 18.5 Å². The van der Waals surface area contributed by atoms with Crippen LogP contribution in [0.15, 0.2) is 27.6 Å². The SMILES string of the molecule is O=C(Cl)c1cc([N+](=O)[O-])c(Sc2c(Cl)cncc2Cl)s1. The molecule has 2 aromatic heterocycles. The molecule has 10 heteroatoms. The van der Waals surface area contributed by atoms with Crippen molar-refractivity contribution in [2.45, 2.75) is 9.10 Å². The van der Waals surface area contributed by atoms with Crippen LogP contribution in [0.5, 0.6) is 0 Å². The Bertz CT molecular complexity index is 685.